The maximum atomic E-state index is 11.4. The van der Waals surface area contributed by atoms with Crippen molar-refractivity contribution >= 4 is 29.2 Å². The normalized spacial score (nSPS) is 9.38. The number of ether oxygens (including phenoxy) is 1. The molecule has 0 aliphatic rings. The number of esters is 1. The summed E-state index contributed by atoms with van der Waals surface area (Å²) in [5, 5.41) is 2.88. The van der Waals surface area contributed by atoms with Crippen molar-refractivity contribution in [1.29, 1.82) is 0 Å². The van der Waals surface area contributed by atoms with Gasteiger partial charge in [0.05, 0.1) is 18.4 Å². The molecule has 16 heavy (non-hydrogen) atoms. The highest BCUT2D eigenvalue weighted by molar-refractivity contribution is 6.31. The van der Waals surface area contributed by atoms with Crippen molar-refractivity contribution in [2.75, 3.05) is 12.4 Å². The highest BCUT2D eigenvalue weighted by Crippen LogP contribution is 2.21. The highest BCUT2D eigenvalue weighted by Gasteiger charge is 2.13. The van der Waals surface area contributed by atoms with Gasteiger partial charge in [-0.1, -0.05) is 18.2 Å². The quantitative estimate of drug-likeness (QED) is 0.650. The number of nitrogens with one attached hydrogen (secondary N) is 1. The first-order valence-corrected chi connectivity index (χ1v) is 4.77. The Labute approximate surface area is 97.9 Å². The topological polar surface area (TPSA) is 55.4 Å². The fraction of sp³-hybridized carbons (Fsp3) is 0.0909. The van der Waals surface area contributed by atoms with Crippen LogP contribution in [0.1, 0.15) is 10.4 Å². The van der Waals surface area contributed by atoms with Crippen molar-refractivity contribution in [3.8, 4) is 0 Å². The number of methoxy groups -OCH3 is 1. The average Bonchev–Trinajstić information content (AvgIpc) is 2.28. The maximum absolute atomic E-state index is 11.4. The number of hydrogen-bond donors (Lipinski definition) is 1. The van der Waals surface area contributed by atoms with Gasteiger partial charge in [-0.05, 0) is 24.3 Å². The lowest BCUT2D eigenvalue weighted by Crippen LogP contribution is -2.12. The monoisotopic (exact) mass is 239 g/mol. The molecule has 1 rings (SSSR count). The third kappa shape index (κ3) is 2.84. The summed E-state index contributed by atoms with van der Waals surface area (Å²) in [7, 11) is 1.26. The Morgan fingerprint density at radius 1 is 1.50 bits per heavy atom. The molecule has 1 aromatic carbocycles. The van der Waals surface area contributed by atoms with Crippen molar-refractivity contribution in [1.82, 2.24) is 0 Å². The number of amides is 1. The van der Waals surface area contributed by atoms with E-state index in [0.29, 0.717) is 10.7 Å². The summed E-state index contributed by atoms with van der Waals surface area (Å²) in [5.41, 5.74) is 0.534. The second-order valence-electron chi connectivity index (χ2n) is 2.87. The van der Waals surface area contributed by atoms with Gasteiger partial charge in [-0.15, -0.1) is 0 Å². The molecule has 0 fully saturated rings. The summed E-state index contributed by atoms with van der Waals surface area (Å²) in [6.45, 7) is 3.31. The third-order valence-corrected chi connectivity index (χ3v) is 2.07. The molecule has 1 amide bonds. The van der Waals surface area contributed by atoms with E-state index in [1.807, 2.05) is 0 Å². The Morgan fingerprint density at radius 3 is 2.75 bits per heavy atom. The third-order valence-electron chi connectivity index (χ3n) is 1.83. The SMILES string of the molecule is C=CC(=O)Nc1cc(Cl)ccc1C(=O)OC. The zero-order valence-electron chi connectivity index (χ0n) is 8.62. The van der Waals surface area contributed by atoms with E-state index in [9.17, 15) is 9.59 Å². The minimum atomic E-state index is -0.545. The summed E-state index contributed by atoms with van der Waals surface area (Å²) in [6.07, 6.45) is 1.10. The lowest BCUT2D eigenvalue weighted by molar-refractivity contribution is -0.111. The van der Waals surface area contributed by atoms with E-state index in [0.717, 1.165) is 6.08 Å². The molecule has 1 N–H and O–H groups in total. The fourth-order valence-electron chi connectivity index (χ4n) is 1.09. The number of carbonyl (C=O) groups excluding carboxylic acids is 2. The lowest BCUT2D eigenvalue weighted by atomic mass is 10.2. The van der Waals surface area contributed by atoms with Gasteiger partial charge < -0.3 is 10.1 Å². The van der Waals surface area contributed by atoms with Crippen LogP contribution in [-0.2, 0) is 9.53 Å². The molecule has 0 aliphatic heterocycles. The van der Waals surface area contributed by atoms with Crippen LogP contribution < -0.4 is 5.32 Å². The molecular formula is C11H10ClNO3. The Morgan fingerprint density at radius 2 is 2.19 bits per heavy atom. The second-order valence-corrected chi connectivity index (χ2v) is 3.31. The first kappa shape index (κ1) is 12.3. The van der Waals surface area contributed by atoms with E-state index >= 15 is 0 Å². The number of anilines is 1. The lowest BCUT2D eigenvalue weighted by Gasteiger charge is -2.08. The summed E-state index contributed by atoms with van der Waals surface area (Å²) in [4.78, 5) is 22.5. The molecule has 0 bridgehead atoms. The zero-order chi connectivity index (χ0) is 12.1. The molecule has 0 saturated heterocycles. The van der Waals surface area contributed by atoms with E-state index in [-0.39, 0.29) is 5.56 Å². The smallest absolute Gasteiger partial charge is 0.339 e. The van der Waals surface area contributed by atoms with Crippen LogP contribution in [0, 0.1) is 0 Å². The number of carbonyl (C=O) groups is 2. The molecular weight excluding hydrogens is 230 g/mol. The molecule has 1 aromatic rings. The second kappa shape index (κ2) is 5.32. The molecule has 84 valence electrons. The van der Waals surface area contributed by atoms with Crippen LogP contribution in [0.4, 0.5) is 5.69 Å². The molecule has 0 aromatic heterocycles. The fourth-order valence-corrected chi connectivity index (χ4v) is 1.26. The molecule has 0 saturated carbocycles. The van der Waals surface area contributed by atoms with Crippen LogP contribution >= 0.6 is 11.6 Å². The number of halogens is 1. The van der Waals surface area contributed by atoms with Crippen molar-refractivity contribution < 1.29 is 14.3 Å². The van der Waals surface area contributed by atoms with Gasteiger partial charge in [0, 0.05) is 5.02 Å². The summed E-state index contributed by atoms with van der Waals surface area (Å²) in [6, 6.07) is 4.49. The molecule has 0 unspecified atom stereocenters. The summed E-state index contributed by atoms with van der Waals surface area (Å²) < 4.78 is 4.57. The predicted octanol–water partition coefficient (Wildman–Crippen LogP) is 2.25. The Bertz CT molecular complexity index is 443. The van der Waals surface area contributed by atoms with E-state index in [2.05, 4.69) is 16.6 Å². The predicted molar refractivity (Wildman–Crippen MR) is 61.6 cm³/mol. The molecule has 4 nitrogen and oxygen atoms in total. The van der Waals surface area contributed by atoms with Crippen molar-refractivity contribution in [3.63, 3.8) is 0 Å². The van der Waals surface area contributed by atoms with Crippen LogP contribution in [0.5, 0.6) is 0 Å². The largest absolute Gasteiger partial charge is 0.465 e. The standard InChI is InChI=1S/C11H10ClNO3/c1-3-10(14)13-9-6-7(12)4-5-8(9)11(15)16-2/h3-6H,1H2,2H3,(H,13,14). The first-order chi connectivity index (χ1) is 7.58. The van der Waals surface area contributed by atoms with Gasteiger partial charge >= 0.3 is 5.97 Å². The van der Waals surface area contributed by atoms with Crippen molar-refractivity contribution in [2.45, 2.75) is 0 Å². The van der Waals surface area contributed by atoms with Crippen LogP contribution in [0.2, 0.25) is 5.02 Å². The Balaban J connectivity index is 3.12. The van der Waals surface area contributed by atoms with E-state index in [4.69, 9.17) is 11.6 Å². The number of benzene rings is 1. The first-order valence-electron chi connectivity index (χ1n) is 4.39. The average molecular weight is 240 g/mol. The molecule has 0 heterocycles. The van der Waals surface area contributed by atoms with E-state index < -0.39 is 11.9 Å². The Kier molecular flexibility index (Phi) is 4.08. The minimum absolute atomic E-state index is 0.238. The number of hydrogen-bond acceptors (Lipinski definition) is 3. The molecule has 0 aliphatic carbocycles. The Hall–Kier alpha value is -1.81. The zero-order valence-corrected chi connectivity index (χ0v) is 9.38. The molecule has 5 heteroatoms. The van der Waals surface area contributed by atoms with Crippen molar-refractivity contribution in [3.05, 3.63) is 41.4 Å². The molecule has 0 spiro atoms. The highest BCUT2D eigenvalue weighted by atomic mass is 35.5. The van der Waals surface area contributed by atoms with Gasteiger partial charge in [0.25, 0.3) is 0 Å². The van der Waals surface area contributed by atoms with Gasteiger partial charge in [-0.3, -0.25) is 4.79 Å². The molecule has 0 atom stereocenters. The van der Waals surface area contributed by atoms with Crippen LogP contribution in [0.25, 0.3) is 0 Å². The minimum Gasteiger partial charge on any atom is -0.465 e. The number of rotatable bonds is 3. The van der Waals surface area contributed by atoms with Gasteiger partial charge in [0.15, 0.2) is 0 Å². The van der Waals surface area contributed by atoms with Crippen LogP contribution in [0.15, 0.2) is 30.9 Å². The summed E-state index contributed by atoms with van der Waals surface area (Å²) in [5.74, 6) is -0.969. The van der Waals surface area contributed by atoms with Crippen molar-refractivity contribution in [2.24, 2.45) is 0 Å². The van der Waals surface area contributed by atoms with Gasteiger partial charge in [0.1, 0.15) is 0 Å². The maximum Gasteiger partial charge on any atom is 0.339 e. The van der Waals surface area contributed by atoms with Crippen LogP contribution in [-0.4, -0.2) is 19.0 Å². The molecule has 0 radical (unpaired) electrons. The van der Waals surface area contributed by atoms with Gasteiger partial charge in [-0.25, -0.2) is 4.79 Å². The van der Waals surface area contributed by atoms with E-state index in [1.165, 1.54) is 25.3 Å². The van der Waals surface area contributed by atoms with Gasteiger partial charge in [0.2, 0.25) is 5.91 Å². The summed E-state index contributed by atoms with van der Waals surface area (Å²) >= 11 is 5.76. The van der Waals surface area contributed by atoms with E-state index in [1.54, 1.807) is 0 Å². The van der Waals surface area contributed by atoms with Crippen LogP contribution in [0.3, 0.4) is 0 Å². The van der Waals surface area contributed by atoms with Gasteiger partial charge in [-0.2, -0.15) is 0 Å².